The topological polar surface area (TPSA) is 70.5 Å². The van der Waals surface area contributed by atoms with Crippen LogP contribution in [-0.2, 0) is 9.59 Å². The Morgan fingerprint density at radius 2 is 2.24 bits per heavy atom. The standard InChI is InChI=1S/C16H18N2O3/c19-14(7-6-11-3-2-8-17-9-11)18-10-12-4-1-5-13(12)15(18)16(20)21/h2-3,6-9,12-13,15H,1,4-5,10H2,(H,20,21)/b7-6+. The first-order valence-corrected chi connectivity index (χ1v) is 7.28. The molecule has 1 aromatic heterocycles. The second-order valence-electron chi connectivity index (χ2n) is 5.75. The fourth-order valence-corrected chi connectivity index (χ4v) is 3.59. The molecule has 3 unspecified atom stereocenters. The molecule has 1 saturated heterocycles. The van der Waals surface area contributed by atoms with E-state index >= 15 is 0 Å². The molecule has 21 heavy (non-hydrogen) atoms. The quantitative estimate of drug-likeness (QED) is 0.860. The molecule has 0 aromatic carbocycles. The number of carboxylic acid groups (broad SMARTS) is 1. The van der Waals surface area contributed by atoms with E-state index < -0.39 is 12.0 Å². The third-order valence-electron chi connectivity index (χ3n) is 4.53. The van der Waals surface area contributed by atoms with E-state index in [-0.39, 0.29) is 11.8 Å². The zero-order valence-corrected chi connectivity index (χ0v) is 11.7. The highest BCUT2D eigenvalue weighted by atomic mass is 16.4. The number of carbonyl (C=O) groups excluding carboxylic acids is 1. The van der Waals surface area contributed by atoms with Crippen LogP contribution in [0.5, 0.6) is 0 Å². The van der Waals surface area contributed by atoms with Crippen LogP contribution in [-0.4, -0.2) is 39.5 Å². The molecule has 0 radical (unpaired) electrons. The second-order valence-corrected chi connectivity index (χ2v) is 5.75. The minimum atomic E-state index is -0.882. The number of amides is 1. The lowest BCUT2D eigenvalue weighted by atomic mass is 9.94. The summed E-state index contributed by atoms with van der Waals surface area (Å²) in [5.74, 6) is -0.631. The van der Waals surface area contributed by atoms with Crippen LogP contribution in [0, 0.1) is 11.8 Å². The van der Waals surface area contributed by atoms with Gasteiger partial charge in [0.05, 0.1) is 0 Å². The van der Waals surface area contributed by atoms with Crippen LogP contribution in [0.2, 0.25) is 0 Å². The molecule has 5 heteroatoms. The summed E-state index contributed by atoms with van der Waals surface area (Å²) in [7, 11) is 0. The number of hydrogen-bond donors (Lipinski definition) is 1. The summed E-state index contributed by atoms with van der Waals surface area (Å²) >= 11 is 0. The predicted molar refractivity (Wildman–Crippen MR) is 77.2 cm³/mol. The predicted octanol–water partition coefficient (Wildman–Crippen LogP) is 1.81. The smallest absolute Gasteiger partial charge is 0.326 e. The number of aromatic nitrogens is 1. The summed E-state index contributed by atoms with van der Waals surface area (Å²) in [5.41, 5.74) is 0.831. The molecule has 2 aliphatic rings. The van der Waals surface area contributed by atoms with Gasteiger partial charge >= 0.3 is 5.97 Å². The van der Waals surface area contributed by atoms with Crippen molar-refractivity contribution in [1.82, 2.24) is 9.88 Å². The van der Waals surface area contributed by atoms with Crippen molar-refractivity contribution in [2.45, 2.75) is 25.3 Å². The molecular weight excluding hydrogens is 268 g/mol. The number of pyridine rings is 1. The highest BCUT2D eigenvalue weighted by Gasteiger charge is 2.48. The van der Waals surface area contributed by atoms with Crippen molar-refractivity contribution >= 4 is 18.0 Å². The Morgan fingerprint density at radius 3 is 2.95 bits per heavy atom. The SMILES string of the molecule is O=C(O)C1C2CCCC2CN1C(=O)/C=C/c1cccnc1. The molecule has 3 atom stereocenters. The first-order chi connectivity index (χ1) is 10.2. The number of nitrogens with zero attached hydrogens (tertiary/aromatic N) is 2. The Kier molecular flexibility index (Phi) is 3.73. The molecule has 1 saturated carbocycles. The van der Waals surface area contributed by atoms with E-state index in [1.165, 1.54) is 11.0 Å². The molecule has 0 bridgehead atoms. The van der Waals surface area contributed by atoms with E-state index in [2.05, 4.69) is 4.98 Å². The maximum absolute atomic E-state index is 12.3. The average molecular weight is 286 g/mol. The van der Waals surface area contributed by atoms with E-state index in [0.717, 1.165) is 24.8 Å². The van der Waals surface area contributed by atoms with Crippen LogP contribution in [0.25, 0.3) is 6.08 Å². The molecule has 2 heterocycles. The van der Waals surface area contributed by atoms with Crippen LogP contribution in [0.15, 0.2) is 30.6 Å². The summed E-state index contributed by atoms with van der Waals surface area (Å²) in [6, 6.07) is 2.98. The number of likely N-dealkylation sites (tertiary alicyclic amines) is 1. The van der Waals surface area contributed by atoms with Gasteiger partial charge in [0.25, 0.3) is 0 Å². The Hall–Kier alpha value is -2.17. The maximum atomic E-state index is 12.3. The van der Waals surface area contributed by atoms with E-state index in [4.69, 9.17) is 0 Å². The van der Waals surface area contributed by atoms with Gasteiger partial charge in [-0.25, -0.2) is 4.79 Å². The largest absolute Gasteiger partial charge is 0.480 e. The monoisotopic (exact) mass is 286 g/mol. The molecular formula is C16H18N2O3. The third kappa shape index (κ3) is 2.68. The zero-order valence-electron chi connectivity index (χ0n) is 11.7. The number of carbonyl (C=O) groups is 2. The molecule has 3 rings (SSSR count). The van der Waals surface area contributed by atoms with Gasteiger partial charge in [-0.15, -0.1) is 0 Å². The Balaban J connectivity index is 1.75. The van der Waals surface area contributed by atoms with Gasteiger partial charge in [-0.2, -0.15) is 0 Å². The van der Waals surface area contributed by atoms with Gasteiger partial charge in [0, 0.05) is 25.0 Å². The first kappa shape index (κ1) is 13.8. The van der Waals surface area contributed by atoms with Crippen molar-refractivity contribution in [2.24, 2.45) is 11.8 Å². The number of aliphatic carboxylic acids is 1. The molecule has 1 N–H and O–H groups in total. The average Bonchev–Trinajstić information content (AvgIpc) is 3.05. The van der Waals surface area contributed by atoms with E-state index in [1.807, 2.05) is 6.07 Å². The van der Waals surface area contributed by atoms with Gasteiger partial charge < -0.3 is 10.0 Å². The summed E-state index contributed by atoms with van der Waals surface area (Å²) in [4.78, 5) is 29.3. The lowest BCUT2D eigenvalue weighted by Gasteiger charge is -2.23. The summed E-state index contributed by atoms with van der Waals surface area (Å²) in [5, 5.41) is 9.44. The number of carboxylic acids is 1. The van der Waals surface area contributed by atoms with Crippen molar-refractivity contribution < 1.29 is 14.7 Å². The van der Waals surface area contributed by atoms with Gasteiger partial charge in [-0.05, 0) is 42.4 Å². The van der Waals surface area contributed by atoms with Crippen molar-refractivity contribution in [2.75, 3.05) is 6.54 Å². The van der Waals surface area contributed by atoms with E-state index in [1.54, 1.807) is 24.5 Å². The Labute approximate surface area is 123 Å². The fraction of sp³-hybridized carbons (Fsp3) is 0.438. The van der Waals surface area contributed by atoms with E-state index in [9.17, 15) is 14.7 Å². The first-order valence-electron chi connectivity index (χ1n) is 7.28. The van der Waals surface area contributed by atoms with E-state index in [0.29, 0.717) is 12.5 Å². The van der Waals surface area contributed by atoms with Gasteiger partial charge in [0.15, 0.2) is 0 Å². The summed E-state index contributed by atoms with van der Waals surface area (Å²) in [6.07, 6.45) is 9.49. The molecule has 5 nitrogen and oxygen atoms in total. The van der Waals surface area contributed by atoms with Crippen molar-refractivity contribution in [3.63, 3.8) is 0 Å². The number of fused-ring (bicyclic) bond motifs is 1. The number of hydrogen-bond acceptors (Lipinski definition) is 3. The molecule has 110 valence electrons. The van der Waals surface area contributed by atoms with Crippen molar-refractivity contribution in [1.29, 1.82) is 0 Å². The molecule has 1 aliphatic carbocycles. The van der Waals surface area contributed by atoms with Gasteiger partial charge in [-0.3, -0.25) is 9.78 Å². The highest BCUT2D eigenvalue weighted by molar-refractivity contribution is 5.95. The molecule has 1 aliphatic heterocycles. The molecule has 0 spiro atoms. The lowest BCUT2D eigenvalue weighted by molar-refractivity contribution is -0.148. The molecule has 1 aromatic rings. The van der Waals surface area contributed by atoms with Crippen molar-refractivity contribution in [3.05, 3.63) is 36.2 Å². The van der Waals surface area contributed by atoms with Crippen LogP contribution in [0.3, 0.4) is 0 Å². The normalized spacial score (nSPS) is 28.0. The van der Waals surface area contributed by atoms with Crippen LogP contribution >= 0.6 is 0 Å². The third-order valence-corrected chi connectivity index (χ3v) is 4.53. The summed E-state index contributed by atoms with van der Waals surface area (Å²) < 4.78 is 0. The zero-order chi connectivity index (χ0) is 14.8. The van der Waals surface area contributed by atoms with Gasteiger partial charge in [-0.1, -0.05) is 12.5 Å². The van der Waals surface area contributed by atoms with Crippen LogP contribution in [0.1, 0.15) is 24.8 Å². The Morgan fingerprint density at radius 1 is 1.38 bits per heavy atom. The lowest BCUT2D eigenvalue weighted by Crippen LogP contribution is -2.42. The molecule has 1 amide bonds. The van der Waals surface area contributed by atoms with Gasteiger partial charge in [0.2, 0.25) is 5.91 Å². The minimum absolute atomic E-state index is 0.123. The minimum Gasteiger partial charge on any atom is -0.480 e. The van der Waals surface area contributed by atoms with Crippen LogP contribution in [0.4, 0.5) is 0 Å². The highest BCUT2D eigenvalue weighted by Crippen LogP contribution is 2.42. The number of rotatable bonds is 3. The van der Waals surface area contributed by atoms with Gasteiger partial charge in [0.1, 0.15) is 6.04 Å². The second kappa shape index (κ2) is 5.68. The van der Waals surface area contributed by atoms with Crippen molar-refractivity contribution in [3.8, 4) is 0 Å². The van der Waals surface area contributed by atoms with Crippen LogP contribution < -0.4 is 0 Å². The molecule has 2 fully saturated rings. The maximum Gasteiger partial charge on any atom is 0.326 e. The summed E-state index contributed by atoms with van der Waals surface area (Å²) in [6.45, 7) is 0.567. The fourth-order valence-electron chi connectivity index (χ4n) is 3.59. The Bertz CT molecular complexity index is 570.